The van der Waals surface area contributed by atoms with Gasteiger partial charge in [0, 0.05) is 17.2 Å². The van der Waals surface area contributed by atoms with Gasteiger partial charge >= 0.3 is 0 Å². The summed E-state index contributed by atoms with van der Waals surface area (Å²) in [7, 11) is 0. The lowest BCUT2D eigenvalue weighted by molar-refractivity contribution is -0.123. The summed E-state index contributed by atoms with van der Waals surface area (Å²) in [5.41, 5.74) is 5.81. The monoisotopic (exact) mass is 406 g/mol. The Labute approximate surface area is 168 Å². The van der Waals surface area contributed by atoms with Gasteiger partial charge in [-0.2, -0.15) is 0 Å². The molecule has 0 radical (unpaired) electrons. The van der Waals surface area contributed by atoms with Crippen molar-refractivity contribution in [2.75, 3.05) is 26.4 Å². The number of hydrogen-bond acceptors (Lipinski definition) is 5. The Morgan fingerprint density at radius 1 is 1.04 bits per heavy atom. The van der Waals surface area contributed by atoms with Gasteiger partial charge in [0.2, 0.25) is 0 Å². The lowest BCUT2D eigenvalue weighted by Gasteiger charge is -2.11. The molecule has 0 heterocycles. The average molecular weight is 407 g/mol. The van der Waals surface area contributed by atoms with Crippen molar-refractivity contribution >= 4 is 23.4 Å². The molecular weight excluding hydrogens is 384 g/mol. The van der Waals surface area contributed by atoms with E-state index < -0.39 is 11.8 Å². The number of hydrazine groups is 1. The normalized spacial score (nSPS) is 10.2. The van der Waals surface area contributed by atoms with Gasteiger partial charge in [0.05, 0.1) is 6.61 Å². The van der Waals surface area contributed by atoms with Crippen molar-refractivity contribution in [3.8, 4) is 11.5 Å². The Morgan fingerprint density at radius 2 is 1.86 bits per heavy atom. The molecule has 0 saturated heterocycles. The standard InChI is InChI=1S/C20H23ClN2O5/c1-3-26-9-10-27-17-6-4-5-15(12-17)20(25)23-22-19(24)13-28-18-8-7-16(21)11-14(18)2/h4-8,11-12H,3,9-10,13H2,1-2H3,(H,22,24)(H,23,25). The van der Waals surface area contributed by atoms with Crippen molar-refractivity contribution < 1.29 is 23.8 Å². The van der Waals surface area contributed by atoms with Crippen molar-refractivity contribution in [3.63, 3.8) is 0 Å². The van der Waals surface area contributed by atoms with Crippen LogP contribution in [0.1, 0.15) is 22.8 Å². The Hall–Kier alpha value is -2.77. The second-order valence-electron chi connectivity index (χ2n) is 5.77. The third kappa shape index (κ3) is 7.09. The van der Waals surface area contributed by atoms with Crippen LogP contribution in [-0.2, 0) is 9.53 Å². The number of halogens is 1. The molecule has 2 aromatic rings. The predicted octanol–water partition coefficient (Wildman–Crippen LogP) is 2.90. The SMILES string of the molecule is CCOCCOc1cccc(C(=O)NNC(=O)COc2ccc(Cl)cc2C)c1. The summed E-state index contributed by atoms with van der Waals surface area (Å²) in [5, 5.41) is 0.589. The second kappa shape index (κ2) is 11.2. The maximum atomic E-state index is 12.2. The van der Waals surface area contributed by atoms with Crippen LogP contribution < -0.4 is 20.3 Å². The van der Waals surface area contributed by atoms with Crippen LogP contribution in [0.25, 0.3) is 0 Å². The van der Waals surface area contributed by atoms with Crippen LogP contribution in [0.15, 0.2) is 42.5 Å². The fourth-order valence-corrected chi connectivity index (χ4v) is 2.47. The largest absolute Gasteiger partial charge is 0.491 e. The highest BCUT2D eigenvalue weighted by Crippen LogP contribution is 2.21. The molecule has 2 aromatic carbocycles. The van der Waals surface area contributed by atoms with Crippen molar-refractivity contribution in [1.29, 1.82) is 0 Å². The molecule has 0 unspecified atom stereocenters. The lowest BCUT2D eigenvalue weighted by Crippen LogP contribution is -2.43. The van der Waals surface area contributed by atoms with E-state index in [1.54, 1.807) is 42.5 Å². The summed E-state index contributed by atoms with van der Waals surface area (Å²) in [6.45, 7) is 4.95. The minimum Gasteiger partial charge on any atom is -0.491 e. The van der Waals surface area contributed by atoms with E-state index in [-0.39, 0.29) is 6.61 Å². The van der Waals surface area contributed by atoms with Gasteiger partial charge in [0.25, 0.3) is 11.8 Å². The van der Waals surface area contributed by atoms with E-state index in [0.29, 0.717) is 41.9 Å². The fraction of sp³-hybridized carbons (Fsp3) is 0.300. The second-order valence-corrected chi connectivity index (χ2v) is 6.21. The molecule has 0 bridgehead atoms. The van der Waals surface area contributed by atoms with Gasteiger partial charge < -0.3 is 14.2 Å². The Balaban J connectivity index is 1.78. The van der Waals surface area contributed by atoms with E-state index in [2.05, 4.69) is 10.9 Å². The molecule has 0 aromatic heterocycles. The number of carbonyl (C=O) groups excluding carboxylic acids is 2. The molecule has 150 valence electrons. The predicted molar refractivity (Wildman–Crippen MR) is 106 cm³/mol. The number of carbonyl (C=O) groups is 2. The summed E-state index contributed by atoms with van der Waals surface area (Å²) in [6, 6.07) is 11.7. The van der Waals surface area contributed by atoms with E-state index in [0.717, 1.165) is 5.56 Å². The highest BCUT2D eigenvalue weighted by molar-refractivity contribution is 6.30. The number of nitrogens with one attached hydrogen (secondary N) is 2. The molecule has 0 aliphatic rings. The third-order valence-electron chi connectivity index (χ3n) is 3.61. The first-order valence-corrected chi connectivity index (χ1v) is 9.16. The first-order valence-electron chi connectivity index (χ1n) is 8.78. The Morgan fingerprint density at radius 3 is 2.61 bits per heavy atom. The zero-order valence-electron chi connectivity index (χ0n) is 15.8. The van der Waals surface area contributed by atoms with Crippen LogP contribution in [0.4, 0.5) is 0 Å². The minimum atomic E-state index is -0.494. The summed E-state index contributed by atoms with van der Waals surface area (Å²) in [5.74, 6) is 0.126. The third-order valence-corrected chi connectivity index (χ3v) is 3.84. The molecule has 2 rings (SSSR count). The molecule has 0 aliphatic carbocycles. The fourth-order valence-electron chi connectivity index (χ4n) is 2.24. The topological polar surface area (TPSA) is 85.9 Å². The van der Waals surface area contributed by atoms with Crippen molar-refractivity contribution in [3.05, 3.63) is 58.6 Å². The van der Waals surface area contributed by atoms with Gasteiger partial charge in [0.1, 0.15) is 18.1 Å². The molecule has 0 fully saturated rings. The molecule has 0 saturated carbocycles. The summed E-state index contributed by atoms with van der Waals surface area (Å²) in [6.07, 6.45) is 0. The number of amides is 2. The highest BCUT2D eigenvalue weighted by Gasteiger charge is 2.10. The quantitative estimate of drug-likeness (QED) is 0.494. The number of aryl methyl sites for hydroxylation is 1. The minimum absolute atomic E-state index is 0.247. The molecule has 0 spiro atoms. The van der Waals surface area contributed by atoms with Crippen LogP contribution in [0.2, 0.25) is 5.02 Å². The first kappa shape index (κ1) is 21.5. The van der Waals surface area contributed by atoms with E-state index >= 15 is 0 Å². The number of hydrogen-bond donors (Lipinski definition) is 2. The zero-order chi connectivity index (χ0) is 20.4. The molecule has 8 heteroatoms. The summed E-state index contributed by atoms with van der Waals surface area (Å²) < 4.78 is 16.1. The van der Waals surface area contributed by atoms with Crippen molar-refractivity contribution in [2.45, 2.75) is 13.8 Å². The summed E-state index contributed by atoms with van der Waals surface area (Å²) in [4.78, 5) is 24.1. The summed E-state index contributed by atoms with van der Waals surface area (Å²) >= 11 is 5.88. The van der Waals surface area contributed by atoms with Gasteiger partial charge in [-0.05, 0) is 55.8 Å². The van der Waals surface area contributed by atoms with Gasteiger partial charge in [-0.25, -0.2) is 0 Å². The van der Waals surface area contributed by atoms with E-state index in [1.807, 2.05) is 13.8 Å². The number of rotatable bonds is 9. The van der Waals surface area contributed by atoms with Crippen LogP contribution in [-0.4, -0.2) is 38.2 Å². The van der Waals surface area contributed by atoms with E-state index in [4.69, 9.17) is 25.8 Å². The first-order chi connectivity index (χ1) is 13.5. The molecule has 2 amide bonds. The lowest BCUT2D eigenvalue weighted by atomic mass is 10.2. The maximum absolute atomic E-state index is 12.2. The number of ether oxygens (including phenoxy) is 3. The molecule has 0 atom stereocenters. The molecule has 0 aliphatic heterocycles. The van der Waals surface area contributed by atoms with E-state index in [9.17, 15) is 9.59 Å². The van der Waals surface area contributed by atoms with Crippen LogP contribution in [0, 0.1) is 6.92 Å². The Kier molecular flexibility index (Phi) is 8.58. The highest BCUT2D eigenvalue weighted by atomic mass is 35.5. The molecular formula is C20H23ClN2O5. The molecule has 7 nitrogen and oxygen atoms in total. The van der Waals surface area contributed by atoms with Crippen LogP contribution in [0.3, 0.4) is 0 Å². The van der Waals surface area contributed by atoms with Crippen LogP contribution in [0.5, 0.6) is 11.5 Å². The van der Waals surface area contributed by atoms with Gasteiger partial charge in [-0.3, -0.25) is 20.4 Å². The molecule has 28 heavy (non-hydrogen) atoms. The maximum Gasteiger partial charge on any atom is 0.276 e. The average Bonchev–Trinajstić information content (AvgIpc) is 2.69. The van der Waals surface area contributed by atoms with Crippen molar-refractivity contribution in [2.24, 2.45) is 0 Å². The van der Waals surface area contributed by atoms with Gasteiger partial charge in [-0.1, -0.05) is 17.7 Å². The van der Waals surface area contributed by atoms with Crippen LogP contribution >= 0.6 is 11.6 Å². The van der Waals surface area contributed by atoms with E-state index in [1.165, 1.54) is 0 Å². The zero-order valence-corrected chi connectivity index (χ0v) is 16.5. The van der Waals surface area contributed by atoms with Crippen molar-refractivity contribution in [1.82, 2.24) is 10.9 Å². The Bertz CT molecular complexity index is 813. The molecule has 2 N–H and O–H groups in total. The smallest absolute Gasteiger partial charge is 0.276 e. The van der Waals surface area contributed by atoms with Gasteiger partial charge in [-0.15, -0.1) is 0 Å². The van der Waals surface area contributed by atoms with Gasteiger partial charge in [0.15, 0.2) is 6.61 Å². The number of benzene rings is 2.